The second-order valence-electron chi connectivity index (χ2n) is 2.21. The van der Waals surface area contributed by atoms with Crippen LogP contribution in [-0.4, -0.2) is 10.1 Å². The fraction of sp³-hybridized carbons (Fsp3) is 0.286. The molecule has 2 nitrogen and oxygen atoms in total. The van der Waals surface area contributed by atoms with E-state index in [0.717, 1.165) is 0 Å². The van der Waals surface area contributed by atoms with Crippen LogP contribution in [0.25, 0.3) is 0 Å². The van der Waals surface area contributed by atoms with Crippen molar-refractivity contribution in [1.29, 1.82) is 0 Å². The fourth-order valence-electron chi connectivity index (χ4n) is 0.731. The van der Waals surface area contributed by atoms with E-state index in [0.29, 0.717) is 4.47 Å². The molecule has 0 saturated heterocycles. The van der Waals surface area contributed by atoms with Crippen LogP contribution in [0.3, 0.4) is 0 Å². The number of aromatic nitrogens is 1. The number of rotatable bonds is 1. The van der Waals surface area contributed by atoms with E-state index in [2.05, 4.69) is 20.9 Å². The maximum Gasteiger partial charge on any atom is 0.218 e. The molecule has 0 saturated carbocycles. The van der Waals surface area contributed by atoms with Crippen LogP contribution in [0.2, 0.25) is 0 Å². The average molecular weight is 220 g/mol. The summed E-state index contributed by atoms with van der Waals surface area (Å²) in [6, 6.07) is 1.51. The average Bonchev–Trinajstić information content (AvgIpc) is 1.94. The van der Waals surface area contributed by atoms with Crippen LogP contribution in [0, 0.1) is 5.95 Å². The first kappa shape index (κ1) is 8.62. The van der Waals surface area contributed by atoms with Crippen molar-refractivity contribution < 1.29 is 9.50 Å². The third kappa shape index (κ3) is 1.97. The third-order valence-corrected chi connectivity index (χ3v) is 1.72. The van der Waals surface area contributed by atoms with Gasteiger partial charge in [0.05, 0.1) is 6.10 Å². The Morgan fingerprint density at radius 3 is 2.82 bits per heavy atom. The molecule has 0 radical (unpaired) electrons. The zero-order valence-corrected chi connectivity index (χ0v) is 7.47. The summed E-state index contributed by atoms with van der Waals surface area (Å²) in [6.45, 7) is 1.49. The Morgan fingerprint density at radius 1 is 1.73 bits per heavy atom. The van der Waals surface area contributed by atoms with Gasteiger partial charge in [-0.15, -0.1) is 0 Å². The number of halogens is 2. The maximum absolute atomic E-state index is 12.7. The van der Waals surface area contributed by atoms with Gasteiger partial charge in [0, 0.05) is 16.2 Å². The van der Waals surface area contributed by atoms with Crippen LogP contribution in [0.15, 0.2) is 16.7 Å². The number of pyridine rings is 1. The highest BCUT2D eigenvalue weighted by molar-refractivity contribution is 9.10. The van der Waals surface area contributed by atoms with Gasteiger partial charge in [-0.1, -0.05) is 0 Å². The molecule has 0 aliphatic heterocycles. The van der Waals surface area contributed by atoms with Crippen molar-refractivity contribution in [2.45, 2.75) is 13.0 Å². The van der Waals surface area contributed by atoms with E-state index in [9.17, 15) is 4.39 Å². The minimum atomic E-state index is -0.819. The van der Waals surface area contributed by atoms with Crippen molar-refractivity contribution in [3.05, 3.63) is 28.2 Å². The molecule has 11 heavy (non-hydrogen) atoms. The molecular formula is C7H7BrFNO. The van der Waals surface area contributed by atoms with Gasteiger partial charge in [0.1, 0.15) is 0 Å². The smallest absolute Gasteiger partial charge is 0.218 e. The third-order valence-electron chi connectivity index (χ3n) is 1.28. The lowest BCUT2D eigenvalue weighted by Gasteiger charge is -2.04. The zero-order chi connectivity index (χ0) is 8.43. The van der Waals surface area contributed by atoms with Crippen LogP contribution < -0.4 is 0 Å². The first-order valence-corrected chi connectivity index (χ1v) is 3.89. The minimum Gasteiger partial charge on any atom is -0.389 e. The number of aliphatic hydroxyl groups excluding tert-OH is 1. The maximum atomic E-state index is 12.7. The van der Waals surface area contributed by atoms with Crippen molar-refractivity contribution in [3.8, 4) is 0 Å². The second kappa shape index (κ2) is 3.28. The van der Waals surface area contributed by atoms with E-state index in [-0.39, 0.29) is 5.56 Å². The van der Waals surface area contributed by atoms with E-state index in [1.54, 1.807) is 0 Å². The molecular weight excluding hydrogens is 213 g/mol. The van der Waals surface area contributed by atoms with Crippen LogP contribution >= 0.6 is 15.9 Å². The van der Waals surface area contributed by atoms with Crippen molar-refractivity contribution in [3.63, 3.8) is 0 Å². The van der Waals surface area contributed by atoms with Gasteiger partial charge >= 0.3 is 0 Å². The minimum absolute atomic E-state index is 0.208. The number of hydrogen-bond donors (Lipinski definition) is 1. The molecule has 0 aromatic carbocycles. The summed E-state index contributed by atoms with van der Waals surface area (Å²) in [5, 5.41) is 9.03. The molecule has 0 aliphatic rings. The highest BCUT2D eigenvalue weighted by Gasteiger charge is 2.08. The second-order valence-corrected chi connectivity index (χ2v) is 3.13. The molecule has 1 rings (SSSR count). The van der Waals surface area contributed by atoms with Crippen LogP contribution in [0.4, 0.5) is 4.39 Å². The lowest BCUT2D eigenvalue weighted by Crippen LogP contribution is -1.97. The molecule has 0 amide bonds. The molecule has 4 heteroatoms. The van der Waals surface area contributed by atoms with E-state index in [1.807, 2.05) is 0 Å². The number of nitrogens with zero attached hydrogens (tertiary/aromatic N) is 1. The van der Waals surface area contributed by atoms with E-state index >= 15 is 0 Å². The van der Waals surface area contributed by atoms with Gasteiger partial charge < -0.3 is 5.11 Å². The highest BCUT2D eigenvalue weighted by atomic mass is 79.9. The molecule has 0 spiro atoms. The quantitative estimate of drug-likeness (QED) is 0.734. The molecule has 1 heterocycles. The molecule has 1 atom stereocenters. The first-order valence-electron chi connectivity index (χ1n) is 3.10. The van der Waals surface area contributed by atoms with Crippen LogP contribution in [0.5, 0.6) is 0 Å². The monoisotopic (exact) mass is 219 g/mol. The van der Waals surface area contributed by atoms with E-state index in [1.165, 1.54) is 19.2 Å². The summed E-state index contributed by atoms with van der Waals surface area (Å²) < 4.78 is 13.4. The topological polar surface area (TPSA) is 33.1 Å². The fourth-order valence-corrected chi connectivity index (χ4v) is 1.08. The predicted molar refractivity (Wildman–Crippen MR) is 42.5 cm³/mol. The van der Waals surface area contributed by atoms with Gasteiger partial charge in [0.25, 0.3) is 0 Å². The Balaban J connectivity index is 3.13. The molecule has 60 valence electrons. The van der Waals surface area contributed by atoms with Gasteiger partial charge in [-0.2, -0.15) is 4.39 Å². The van der Waals surface area contributed by atoms with Crippen molar-refractivity contribution in [2.24, 2.45) is 0 Å². The Bertz CT molecular complexity index is 265. The molecule has 0 bridgehead atoms. The summed E-state index contributed by atoms with van der Waals surface area (Å²) in [7, 11) is 0. The molecule has 0 unspecified atom stereocenters. The standard InChI is InChI=1S/C7H7BrFNO/c1-4(11)6-2-5(8)3-10-7(6)9/h2-4,11H,1H3/t4-/m1/s1. The molecule has 0 fully saturated rings. The molecule has 0 aliphatic carbocycles. The summed E-state index contributed by atoms with van der Waals surface area (Å²) in [4.78, 5) is 3.43. The lowest BCUT2D eigenvalue weighted by atomic mass is 10.2. The Labute approximate surface area is 72.2 Å². The lowest BCUT2D eigenvalue weighted by molar-refractivity contribution is 0.193. The normalized spacial score (nSPS) is 13.1. The highest BCUT2D eigenvalue weighted by Crippen LogP contribution is 2.18. The van der Waals surface area contributed by atoms with E-state index < -0.39 is 12.1 Å². The predicted octanol–water partition coefficient (Wildman–Crippen LogP) is 2.04. The summed E-state index contributed by atoms with van der Waals surface area (Å²) in [5.74, 6) is -0.622. The summed E-state index contributed by atoms with van der Waals surface area (Å²) in [5.41, 5.74) is 0.208. The molecule has 1 aromatic rings. The Kier molecular flexibility index (Phi) is 2.57. The Morgan fingerprint density at radius 2 is 2.36 bits per heavy atom. The van der Waals surface area contributed by atoms with Crippen LogP contribution in [0.1, 0.15) is 18.6 Å². The summed E-state index contributed by atoms with van der Waals surface area (Å²) in [6.07, 6.45) is 0.529. The summed E-state index contributed by atoms with van der Waals surface area (Å²) >= 11 is 3.12. The first-order chi connectivity index (χ1) is 5.11. The van der Waals surface area contributed by atoms with Crippen molar-refractivity contribution in [1.82, 2.24) is 4.98 Å². The van der Waals surface area contributed by atoms with Gasteiger partial charge in [0.15, 0.2) is 0 Å². The number of aliphatic hydroxyl groups is 1. The molecule has 1 N–H and O–H groups in total. The van der Waals surface area contributed by atoms with Gasteiger partial charge in [-0.25, -0.2) is 4.98 Å². The Hall–Kier alpha value is -0.480. The van der Waals surface area contributed by atoms with E-state index in [4.69, 9.17) is 5.11 Å². The molecule has 1 aromatic heterocycles. The largest absolute Gasteiger partial charge is 0.389 e. The van der Waals surface area contributed by atoms with Crippen molar-refractivity contribution in [2.75, 3.05) is 0 Å². The number of hydrogen-bond acceptors (Lipinski definition) is 2. The SMILES string of the molecule is C[C@@H](O)c1cc(Br)cnc1F. The van der Waals surface area contributed by atoms with Gasteiger partial charge in [-0.05, 0) is 28.9 Å². The van der Waals surface area contributed by atoms with Crippen molar-refractivity contribution >= 4 is 15.9 Å². The van der Waals surface area contributed by atoms with Crippen LogP contribution in [-0.2, 0) is 0 Å². The van der Waals surface area contributed by atoms with Gasteiger partial charge in [0.2, 0.25) is 5.95 Å². The zero-order valence-electron chi connectivity index (χ0n) is 5.88. The van der Waals surface area contributed by atoms with Gasteiger partial charge in [-0.3, -0.25) is 0 Å².